The molecule has 0 saturated heterocycles. The lowest BCUT2D eigenvalue weighted by Crippen LogP contribution is -1.89. The largest absolute Gasteiger partial charge is 0.135 e. The van der Waals surface area contributed by atoms with Gasteiger partial charge < -0.3 is 0 Å². The average molecular weight is 593 g/mol. The van der Waals surface area contributed by atoms with Gasteiger partial charge in [-0.15, -0.1) is 22.7 Å². The number of thiophene rings is 2. The number of hydrogen-bond acceptors (Lipinski definition) is 2. The molecule has 0 atom stereocenters. The third-order valence-corrected chi connectivity index (χ3v) is 11.6. The van der Waals surface area contributed by atoms with Crippen molar-refractivity contribution in [2.45, 2.75) is 105 Å². The van der Waals surface area contributed by atoms with E-state index in [1.54, 1.807) is 0 Å². The molecule has 0 aliphatic rings. The van der Waals surface area contributed by atoms with Crippen molar-refractivity contribution in [3.05, 3.63) is 71.8 Å². The van der Waals surface area contributed by atoms with E-state index in [1.807, 2.05) is 22.7 Å². The van der Waals surface area contributed by atoms with Gasteiger partial charge in [-0.3, -0.25) is 0 Å². The first-order chi connectivity index (χ1) is 20.5. The molecule has 0 amide bonds. The fraction of sp³-hybridized carbons (Fsp3) is 0.450. The van der Waals surface area contributed by atoms with E-state index in [0.29, 0.717) is 0 Å². The predicted octanol–water partition coefficient (Wildman–Crippen LogP) is 13.9. The highest BCUT2D eigenvalue weighted by molar-refractivity contribution is 7.28. The van der Waals surface area contributed by atoms with Crippen LogP contribution in [0.3, 0.4) is 0 Å². The molecule has 4 aromatic carbocycles. The molecule has 0 fully saturated rings. The van der Waals surface area contributed by atoms with Crippen LogP contribution in [0, 0.1) is 11.8 Å². The van der Waals surface area contributed by atoms with E-state index in [1.165, 1.54) is 139 Å². The summed E-state index contributed by atoms with van der Waals surface area (Å²) in [5, 5.41) is 8.51. The van der Waals surface area contributed by atoms with Crippen LogP contribution in [-0.4, -0.2) is 0 Å². The zero-order valence-electron chi connectivity index (χ0n) is 26.2. The van der Waals surface area contributed by atoms with Crippen molar-refractivity contribution in [3.63, 3.8) is 0 Å². The Morgan fingerprint density at radius 1 is 0.429 bits per heavy atom. The molecule has 6 rings (SSSR count). The number of benzene rings is 4. The molecule has 0 aliphatic heterocycles. The van der Waals surface area contributed by atoms with E-state index >= 15 is 0 Å². The summed E-state index contributed by atoms with van der Waals surface area (Å²) in [6.45, 7) is 9.34. The highest BCUT2D eigenvalue weighted by Crippen LogP contribution is 2.44. The molecule has 2 heteroatoms. The van der Waals surface area contributed by atoms with E-state index in [4.69, 9.17) is 0 Å². The topological polar surface area (TPSA) is 0 Å². The molecule has 0 radical (unpaired) electrons. The second-order valence-electron chi connectivity index (χ2n) is 13.5. The van der Waals surface area contributed by atoms with Crippen LogP contribution in [0.4, 0.5) is 0 Å². The van der Waals surface area contributed by atoms with E-state index in [2.05, 4.69) is 88.4 Å². The lowest BCUT2D eigenvalue weighted by atomic mass is 10.00. The van der Waals surface area contributed by atoms with Crippen molar-refractivity contribution < 1.29 is 0 Å². The van der Waals surface area contributed by atoms with Crippen LogP contribution in [0.5, 0.6) is 0 Å². The minimum atomic E-state index is 0.836. The maximum Gasteiger partial charge on any atom is 0.0434 e. The first-order valence-corrected chi connectivity index (χ1v) is 18.3. The number of fused-ring (bicyclic) bond motifs is 9. The summed E-state index contributed by atoms with van der Waals surface area (Å²) in [6.07, 6.45) is 16.0. The lowest BCUT2D eigenvalue weighted by Gasteiger charge is -2.05. The highest BCUT2D eigenvalue weighted by atomic mass is 32.1. The van der Waals surface area contributed by atoms with Gasteiger partial charge in [0.25, 0.3) is 0 Å². The minimum Gasteiger partial charge on any atom is -0.135 e. The normalized spacial score (nSPS) is 12.4. The summed E-state index contributed by atoms with van der Waals surface area (Å²) in [5.74, 6) is 1.67. The number of hydrogen-bond donors (Lipinski definition) is 0. The Balaban J connectivity index is 1.21. The van der Waals surface area contributed by atoms with Crippen molar-refractivity contribution >= 4 is 73.8 Å². The molecule has 0 N–H and O–H groups in total. The van der Waals surface area contributed by atoms with Crippen molar-refractivity contribution in [2.75, 3.05) is 0 Å². The quantitative estimate of drug-likeness (QED) is 0.110. The van der Waals surface area contributed by atoms with Crippen LogP contribution in [0.2, 0.25) is 0 Å². The fourth-order valence-electron chi connectivity index (χ4n) is 6.74. The molecule has 2 aromatic heterocycles. The maximum atomic E-state index is 2.48. The summed E-state index contributed by atoms with van der Waals surface area (Å²) < 4.78 is 5.79. The second kappa shape index (κ2) is 13.5. The summed E-state index contributed by atoms with van der Waals surface area (Å²) >= 11 is 3.99. The van der Waals surface area contributed by atoms with Crippen LogP contribution in [0.15, 0.2) is 60.7 Å². The monoisotopic (exact) mass is 592 g/mol. The van der Waals surface area contributed by atoms with Gasteiger partial charge in [0.05, 0.1) is 0 Å². The van der Waals surface area contributed by atoms with Gasteiger partial charge in [-0.25, -0.2) is 0 Å². The van der Waals surface area contributed by atoms with E-state index in [-0.39, 0.29) is 0 Å². The van der Waals surface area contributed by atoms with Crippen LogP contribution in [0.25, 0.3) is 51.1 Å². The van der Waals surface area contributed by atoms with Crippen molar-refractivity contribution in [1.29, 1.82) is 0 Å². The van der Waals surface area contributed by atoms with Gasteiger partial charge >= 0.3 is 0 Å². The first-order valence-electron chi connectivity index (χ1n) is 16.7. The highest BCUT2D eigenvalue weighted by Gasteiger charge is 2.14. The standard InChI is InChI=1S/C40H48S2/c1-27(2)13-9-5-7-11-15-29-17-19-31-33-21-23-36-35(39(33)41-37(31)25-29)24-22-34-32-20-18-30(26-38(32)42-40(34)36)16-12-8-6-10-14-28(3)4/h17-28H,5-16H2,1-4H3. The van der Waals surface area contributed by atoms with Gasteiger partial charge in [0.2, 0.25) is 0 Å². The van der Waals surface area contributed by atoms with Crippen molar-refractivity contribution in [3.8, 4) is 0 Å². The molecule has 6 aromatic rings. The molecule has 0 nitrogen and oxygen atoms in total. The average Bonchev–Trinajstić information content (AvgIpc) is 3.54. The lowest BCUT2D eigenvalue weighted by molar-refractivity contribution is 0.520. The molecular formula is C40H48S2. The molecule has 0 aliphatic carbocycles. The van der Waals surface area contributed by atoms with Gasteiger partial charge in [-0.05, 0) is 60.8 Å². The van der Waals surface area contributed by atoms with Crippen LogP contribution in [0.1, 0.15) is 103 Å². The molecular weight excluding hydrogens is 545 g/mol. The van der Waals surface area contributed by atoms with E-state index in [9.17, 15) is 0 Å². The first kappa shape index (κ1) is 29.6. The predicted molar refractivity (Wildman–Crippen MR) is 193 cm³/mol. The van der Waals surface area contributed by atoms with Gasteiger partial charge in [-0.2, -0.15) is 0 Å². The number of rotatable bonds is 14. The SMILES string of the molecule is CC(C)CCCCCCc1ccc2c(c1)sc1c2ccc2c1ccc1c3ccc(CCCCCCC(C)C)cc3sc12. The molecule has 42 heavy (non-hydrogen) atoms. The summed E-state index contributed by atoms with van der Waals surface area (Å²) in [4.78, 5) is 0. The van der Waals surface area contributed by atoms with Crippen LogP contribution < -0.4 is 0 Å². The van der Waals surface area contributed by atoms with E-state index < -0.39 is 0 Å². The maximum absolute atomic E-state index is 2.48. The molecule has 2 heterocycles. The van der Waals surface area contributed by atoms with Gasteiger partial charge in [0.1, 0.15) is 0 Å². The van der Waals surface area contributed by atoms with E-state index in [0.717, 1.165) is 11.8 Å². The number of unbranched alkanes of at least 4 members (excludes halogenated alkanes) is 6. The van der Waals surface area contributed by atoms with Gasteiger partial charge in [0.15, 0.2) is 0 Å². The summed E-state index contributed by atoms with van der Waals surface area (Å²) in [5.41, 5.74) is 3.00. The Bertz CT molecular complexity index is 1660. The third kappa shape index (κ3) is 6.56. The van der Waals surface area contributed by atoms with Crippen LogP contribution >= 0.6 is 22.7 Å². The molecule has 0 spiro atoms. The van der Waals surface area contributed by atoms with Crippen molar-refractivity contribution in [2.24, 2.45) is 11.8 Å². The molecule has 0 unspecified atom stereocenters. The Kier molecular flexibility index (Phi) is 9.51. The summed E-state index contributed by atoms with van der Waals surface area (Å²) in [7, 11) is 0. The zero-order valence-corrected chi connectivity index (χ0v) is 27.9. The minimum absolute atomic E-state index is 0.836. The Morgan fingerprint density at radius 2 is 0.786 bits per heavy atom. The Morgan fingerprint density at radius 3 is 1.19 bits per heavy atom. The number of aryl methyl sites for hydroxylation is 2. The Labute approximate surface area is 261 Å². The smallest absolute Gasteiger partial charge is 0.0434 e. The zero-order chi connectivity index (χ0) is 29.1. The van der Waals surface area contributed by atoms with Crippen molar-refractivity contribution in [1.82, 2.24) is 0 Å². The third-order valence-electron chi connectivity index (χ3n) is 9.19. The van der Waals surface area contributed by atoms with Gasteiger partial charge in [-0.1, -0.05) is 128 Å². The fourth-order valence-corrected chi connectivity index (χ4v) is 9.33. The van der Waals surface area contributed by atoms with Crippen LogP contribution in [-0.2, 0) is 12.8 Å². The second-order valence-corrected chi connectivity index (χ2v) is 15.6. The molecule has 0 bridgehead atoms. The molecule has 0 saturated carbocycles. The Hall–Kier alpha value is -2.42. The summed E-state index contributed by atoms with van der Waals surface area (Å²) in [6, 6.07) is 24.0. The molecule has 220 valence electrons. The van der Waals surface area contributed by atoms with Gasteiger partial charge in [0, 0.05) is 51.1 Å².